The van der Waals surface area contributed by atoms with Crippen molar-refractivity contribution in [3.05, 3.63) is 82.1 Å². The lowest BCUT2D eigenvalue weighted by atomic mass is 9.76. The summed E-state index contributed by atoms with van der Waals surface area (Å²) in [6, 6.07) is 16.9. The number of amides is 5. The van der Waals surface area contributed by atoms with E-state index in [1.807, 2.05) is 47.5 Å². The van der Waals surface area contributed by atoms with E-state index in [9.17, 15) is 29.2 Å². The number of nitrogens with one attached hydrogen (secondary N) is 1. The van der Waals surface area contributed by atoms with Crippen LogP contribution in [0, 0.1) is 16.7 Å². The molecule has 7 heterocycles. The molecule has 1 unspecified atom stereocenters. The van der Waals surface area contributed by atoms with Crippen LogP contribution in [0.15, 0.2) is 54.7 Å². The van der Waals surface area contributed by atoms with Crippen LogP contribution in [0.2, 0.25) is 5.02 Å². The van der Waals surface area contributed by atoms with Crippen molar-refractivity contribution >= 4 is 58.2 Å². The van der Waals surface area contributed by atoms with Crippen molar-refractivity contribution in [2.75, 3.05) is 73.6 Å². The minimum absolute atomic E-state index is 0.0348. The van der Waals surface area contributed by atoms with Crippen molar-refractivity contribution in [3.8, 4) is 6.07 Å². The number of nitriles is 1. The first-order valence-corrected chi connectivity index (χ1v) is 21.2. The molecule has 5 amide bonds. The second-order valence-corrected chi connectivity index (χ2v) is 17.5. The Balaban J connectivity index is 0.736. The van der Waals surface area contributed by atoms with Crippen LogP contribution < -0.4 is 20.0 Å². The number of carbonyl (C=O) groups excluding carboxylic acids is 5. The Bertz CT molecular complexity index is 2240. The highest BCUT2D eigenvalue weighted by Crippen LogP contribution is 2.46. The number of benzene rings is 2. The summed E-state index contributed by atoms with van der Waals surface area (Å²) in [7, 11) is 0. The summed E-state index contributed by atoms with van der Waals surface area (Å²) in [4.78, 5) is 81.2. The largest absolute Gasteiger partial charge is 0.371 e. The van der Waals surface area contributed by atoms with E-state index < -0.39 is 29.7 Å². The van der Waals surface area contributed by atoms with Gasteiger partial charge in [0.05, 0.1) is 33.6 Å². The summed E-state index contributed by atoms with van der Waals surface area (Å²) in [6.45, 7) is 9.58. The third kappa shape index (κ3) is 7.29. The van der Waals surface area contributed by atoms with E-state index >= 15 is 0 Å². The molecule has 1 spiro atoms. The minimum atomic E-state index is -0.982. The smallest absolute Gasteiger partial charge is 0.272 e. The fraction of sp³-hybridized carbons (Fsp3) is 0.477. The Morgan fingerprint density at radius 3 is 2.20 bits per heavy atom. The van der Waals surface area contributed by atoms with Crippen molar-refractivity contribution in [2.45, 2.75) is 70.0 Å². The molecule has 0 saturated carbocycles. The molecule has 2 atom stereocenters. The van der Waals surface area contributed by atoms with Crippen LogP contribution in [0.1, 0.15) is 88.6 Å². The minimum Gasteiger partial charge on any atom is -0.371 e. The van der Waals surface area contributed by atoms with Crippen molar-refractivity contribution < 1.29 is 24.0 Å². The third-order valence-electron chi connectivity index (χ3n) is 13.7. The molecule has 5 fully saturated rings. The van der Waals surface area contributed by atoms with Gasteiger partial charge in [-0.2, -0.15) is 5.26 Å². The van der Waals surface area contributed by atoms with Crippen molar-refractivity contribution in [3.63, 3.8) is 0 Å². The van der Waals surface area contributed by atoms with Crippen LogP contribution >= 0.6 is 11.6 Å². The summed E-state index contributed by atoms with van der Waals surface area (Å²) in [5.74, 6) is -2.04. The van der Waals surface area contributed by atoms with E-state index in [0.29, 0.717) is 47.0 Å². The Labute approximate surface area is 348 Å². The fourth-order valence-electron chi connectivity index (χ4n) is 10.3. The molecular weight excluding hydrogens is 770 g/mol. The highest BCUT2D eigenvalue weighted by molar-refractivity contribution is 6.32. The number of nitrogens with zero attached hydrogens (tertiary/aromatic N) is 8. The number of piperazine rings is 1. The van der Waals surface area contributed by atoms with E-state index in [-0.39, 0.29) is 29.7 Å². The van der Waals surface area contributed by atoms with E-state index in [1.54, 1.807) is 12.1 Å². The number of hydrogen-bond acceptors (Lipinski definition) is 11. The molecule has 15 heteroatoms. The third-order valence-corrected chi connectivity index (χ3v) is 14.0. The Hall–Kier alpha value is -5.52. The van der Waals surface area contributed by atoms with E-state index in [0.717, 1.165) is 99.9 Å². The van der Waals surface area contributed by atoms with Gasteiger partial charge < -0.3 is 19.6 Å². The number of aromatic nitrogens is 1. The first-order chi connectivity index (χ1) is 28.5. The molecule has 0 aliphatic carbocycles. The van der Waals surface area contributed by atoms with Gasteiger partial charge in [0.1, 0.15) is 17.8 Å². The SMILES string of the molecule is C[C@H]1CC2(CCN(c3ccc(C(=O)N4CCN(C5CCN(c6ccc7c(c6)C(=O)N(C6CCC(=O)NC6=O)C7=O)CC5)CC4)nc3)CC2)CN1c1ccc(C#N)c(Cl)c1. The number of hydrogen-bond donors (Lipinski definition) is 1. The predicted molar refractivity (Wildman–Crippen MR) is 222 cm³/mol. The van der Waals surface area contributed by atoms with Gasteiger partial charge in [0.15, 0.2) is 0 Å². The molecule has 0 bridgehead atoms. The quantitative estimate of drug-likeness (QED) is 0.354. The Kier molecular flexibility index (Phi) is 10.3. The van der Waals surface area contributed by atoms with Crippen LogP contribution in [0.5, 0.6) is 0 Å². The normalized spacial score (nSPS) is 23.8. The van der Waals surface area contributed by atoms with Crippen LogP contribution in [-0.4, -0.2) is 126 Å². The number of pyridine rings is 1. The lowest BCUT2D eigenvalue weighted by Gasteiger charge is -2.43. The van der Waals surface area contributed by atoms with E-state index in [4.69, 9.17) is 11.6 Å². The number of rotatable bonds is 6. The number of fused-ring (bicyclic) bond motifs is 1. The predicted octanol–water partition coefficient (Wildman–Crippen LogP) is 4.32. The van der Waals surface area contributed by atoms with Gasteiger partial charge in [0.25, 0.3) is 17.7 Å². The number of anilines is 3. The second-order valence-electron chi connectivity index (χ2n) is 17.1. The Morgan fingerprint density at radius 1 is 0.831 bits per heavy atom. The topological polar surface area (TPSA) is 154 Å². The van der Waals surface area contributed by atoms with Gasteiger partial charge in [0, 0.05) is 88.8 Å². The summed E-state index contributed by atoms with van der Waals surface area (Å²) in [6.07, 6.45) is 7.20. The average molecular weight is 818 g/mol. The number of carbonyl (C=O) groups is 5. The molecule has 306 valence electrons. The zero-order valence-electron chi connectivity index (χ0n) is 33.2. The van der Waals surface area contributed by atoms with Gasteiger partial charge in [-0.05, 0) is 99.4 Å². The van der Waals surface area contributed by atoms with Crippen LogP contribution in [0.25, 0.3) is 0 Å². The van der Waals surface area contributed by atoms with Gasteiger partial charge in [-0.3, -0.25) is 39.1 Å². The zero-order valence-corrected chi connectivity index (χ0v) is 34.0. The molecule has 0 radical (unpaired) electrons. The first-order valence-electron chi connectivity index (χ1n) is 20.8. The molecular formula is C44H48ClN9O5. The van der Waals surface area contributed by atoms with Gasteiger partial charge in [-0.25, -0.2) is 4.98 Å². The molecule has 2 aromatic carbocycles. The van der Waals surface area contributed by atoms with E-state index in [1.165, 1.54) is 0 Å². The standard InChI is InChI=1S/C44H48ClN9O5/c1-28-24-44(27-53(28)32-3-2-29(25-46)36(45)23-32)12-16-50(17-13-44)33-5-7-37(47-26-33)43(59)52-20-18-51(19-21-52)30-10-14-49(15-11-30)31-4-6-34-35(22-31)42(58)54(41(34)57)38-8-9-39(55)48-40(38)56/h2-7,22-23,26,28,30,38H,8-21,24,27H2,1H3,(H,48,55,56)/t28-,38?/m0/s1. The maximum absolute atomic E-state index is 13.6. The van der Waals surface area contributed by atoms with Gasteiger partial charge in [0.2, 0.25) is 11.8 Å². The highest BCUT2D eigenvalue weighted by Gasteiger charge is 2.46. The van der Waals surface area contributed by atoms with Crippen LogP contribution in [0.3, 0.4) is 0 Å². The Morgan fingerprint density at radius 2 is 1.53 bits per heavy atom. The molecule has 59 heavy (non-hydrogen) atoms. The zero-order chi connectivity index (χ0) is 41.0. The lowest BCUT2D eigenvalue weighted by molar-refractivity contribution is -0.136. The maximum atomic E-state index is 13.6. The average Bonchev–Trinajstić information content (AvgIpc) is 3.71. The highest BCUT2D eigenvalue weighted by atomic mass is 35.5. The van der Waals surface area contributed by atoms with Crippen molar-refractivity contribution in [1.82, 2.24) is 25.0 Å². The monoisotopic (exact) mass is 817 g/mol. The number of piperidine rings is 3. The summed E-state index contributed by atoms with van der Waals surface area (Å²) in [5, 5.41) is 12.0. The maximum Gasteiger partial charge on any atom is 0.272 e. The van der Waals surface area contributed by atoms with Gasteiger partial charge in [-0.15, -0.1) is 0 Å². The summed E-state index contributed by atoms with van der Waals surface area (Å²) < 4.78 is 0. The lowest BCUT2D eigenvalue weighted by Crippen LogP contribution is -2.54. The molecule has 6 aliphatic heterocycles. The molecule has 5 saturated heterocycles. The molecule has 1 N–H and O–H groups in total. The van der Waals surface area contributed by atoms with Crippen LogP contribution in [-0.2, 0) is 9.59 Å². The van der Waals surface area contributed by atoms with Crippen molar-refractivity contribution in [2.24, 2.45) is 5.41 Å². The number of imide groups is 2. The fourth-order valence-corrected chi connectivity index (χ4v) is 10.6. The molecule has 6 aliphatic rings. The molecule has 14 nitrogen and oxygen atoms in total. The second kappa shape index (κ2) is 15.6. The first kappa shape index (κ1) is 39.0. The number of halogens is 1. The summed E-state index contributed by atoms with van der Waals surface area (Å²) >= 11 is 6.37. The van der Waals surface area contributed by atoms with Crippen molar-refractivity contribution in [1.29, 1.82) is 5.26 Å². The van der Waals surface area contributed by atoms with Crippen LogP contribution in [0.4, 0.5) is 17.1 Å². The van der Waals surface area contributed by atoms with Gasteiger partial charge in [-0.1, -0.05) is 11.6 Å². The van der Waals surface area contributed by atoms with E-state index in [2.05, 4.69) is 42.9 Å². The summed E-state index contributed by atoms with van der Waals surface area (Å²) in [5.41, 5.74) is 4.77. The molecule has 9 rings (SSSR count). The molecule has 1 aromatic heterocycles. The van der Waals surface area contributed by atoms with Gasteiger partial charge >= 0.3 is 0 Å². The molecule has 3 aromatic rings.